The van der Waals surface area contributed by atoms with Crippen molar-refractivity contribution in [3.8, 4) is 10.7 Å². The highest BCUT2D eigenvalue weighted by molar-refractivity contribution is 7.13. The topological polar surface area (TPSA) is 62.4 Å². The molecule has 2 aromatic rings. The Morgan fingerprint density at radius 1 is 1.50 bits per heavy atom. The second-order valence-electron chi connectivity index (χ2n) is 5.49. The smallest absolute Gasteiger partial charge is 0.244 e. The van der Waals surface area contributed by atoms with Gasteiger partial charge in [0.15, 0.2) is 0 Å². The van der Waals surface area contributed by atoms with Crippen LogP contribution < -0.4 is 0 Å². The highest BCUT2D eigenvalue weighted by Gasteiger charge is 2.25. The molecule has 0 fully saturated rings. The SMILES string of the molecule is CCN(CC(C)(C)O)C(C)c1nc(-c2cccs2)no1. The molecular formula is C14H21N3O2S. The largest absolute Gasteiger partial charge is 0.389 e. The van der Waals surface area contributed by atoms with Crippen molar-refractivity contribution >= 4 is 11.3 Å². The van der Waals surface area contributed by atoms with Crippen LogP contribution in [0.1, 0.15) is 39.6 Å². The summed E-state index contributed by atoms with van der Waals surface area (Å²) in [6.07, 6.45) is 0. The molecule has 1 unspecified atom stereocenters. The van der Waals surface area contributed by atoms with Gasteiger partial charge in [-0.15, -0.1) is 11.3 Å². The number of hydrogen-bond donors (Lipinski definition) is 1. The van der Waals surface area contributed by atoms with Gasteiger partial charge < -0.3 is 9.63 Å². The molecule has 2 rings (SSSR count). The van der Waals surface area contributed by atoms with E-state index < -0.39 is 5.60 Å². The number of hydrogen-bond acceptors (Lipinski definition) is 6. The van der Waals surface area contributed by atoms with Gasteiger partial charge in [0.05, 0.1) is 16.5 Å². The Kier molecular flexibility index (Phi) is 4.57. The maximum absolute atomic E-state index is 9.96. The molecule has 6 heteroatoms. The zero-order valence-electron chi connectivity index (χ0n) is 12.3. The van der Waals surface area contributed by atoms with E-state index in [1.807, 2.05) is 24.4 Å². The lowest BCUT2D eigenvalue weighted by molar-refractivity contribution is 0.0200. The van der Waals surface area contributed by atoms with Crippen LogP contribution in [0.5, 0.6) is 0 Å². The first-order chi connectivity index (χ1) is 9.40. The molecule has 2 heterocycles. The lowest BCUT2D eigenvalue weighted by atomic mass is 10.1. The summed E-state index contributed by atoms with van der Waals surface area (Å²) >= 11 is 1.59. The van der Waals surface area contributed by atoms with Gasteiger partial charge in [0, 0.05) is 6.54 Å². The summed E-state index contributed by atoms with van der Waals surface area (Å²) in [4.78, 5) is 7.58. The molecule has 2 aromatic heterocycles. The quantitative estimate of drug-likeness (QED) is 0.887. The Bertz CT molecular complexity index is 531. The van der Waals surface area contributed by atoms with E-state index in [0.717, 1.165) is 11.4 Å². The van der Waals surface area contributed by atoms with E-state index in [1.54, 1.807) is 25.2 Å². The minimum Gasteiger partial charge on any atom is -0.389 e. The first-order valence-corrected chi connectivity index (χ1v) is 7.62. The highest BCUT2D eigenvalue weighted by Crippen LogP contribution is 2.25. The first kappa shape index (κ1) is 15.2. The third kappa shape index (κ3) is 3.65. The van der Waals surface area contributed by atoms with Crippen LogP contribution in [0.2, 0.25) is 0 Å². The fourth-order valence-electron chi connectivity index (χ4n) is 2.09. The molecule has 0 radical (unpaired) electrons. The van der Waals surface area contributed by atoms with Crippen LogP contribution in [0.4, 0.5) is 0 Å². The van der Waals surface area contributed by atoms with Gasteiger partial charge in [0.2, 0.25) is 11.7 Å². The van der Waals surface area contributed by atoms with Gasteiger partial charge in [-0.1, -0.05) is 18.1 Å². The number of nitrogens with zero attached hydrogens (tertiary/aromatic N) is 3. The van der Waals surface area contributed by atoms with Crippen LogP contribution in [-0.4, -0.2) is 38.8 Å². The number of rotatable bonds is 6. The van der Waals surface area contributed by atoms with E-state index in [0.29, 0.717) is 18.3 Å². The fourth-order valence-corrected chi connectivity index (χ4v) is 2.74. The van der Waals surface area contributed by atoms with Crippen molar-refractivity contribution in [3.63, 3.8) is 0 Å². The molecule has 0 aliphatic heterocycles. The van der Waals surface area contributed by atoms with Gasteiger partial charge >= 0.3 is 0 Å². The standard InChI is InChI=1S/C14H21N3O2S/c1-5-17(9-14(3,4)18)10(2)13-15-12(16-19-13)11-7-6-8-20-11/h6-8,10,18H,5,9H2,1-4H3. The maximum Gasteiger partial charge on any atom is 0.244 e. The van der Waals surface area contributed by atoms with Gasteiger partial charge in [0.25, 0.3) is 0 Å². The lowest BCUT2D eigenvalue weighted by Gasteiger charge is -2.30. The molecule has 0 aliphatic rings. The van der Waals surface area contributed by atoms with Crippen molar-refractivity contribution in [1.29, 1.82) is 0 Å². The normalized spacial score (nSPS) is 13.9. The summed E-state index contributed by atoms with van der Waals surface area (Å²) in [5.74, 6) is 1.21. The number of aromatic nitrogens is 2. The Morgan fingerprint density at radius 3 is 2.80 bits per heavy atom. The van der Waals surface area contributed by atoms with Crippen molar-refractivity contribution in [3.05, 3.63) is 23.4 Å². The first-order valence-electron chi connectivity index (χ1n) is 6.74. The zero-order chi connectivity index (χ0) is 14.8. The molecule has 1 atom stereocenters. The van der Waals surface area contributed by atoms with Crippen molar-refractivity contribution in [2.45, 2.75) is 39.3 Å². The molecule has 1 N–H and O–H groups in total. The summed E-state index contributed by atoms with van der Waals surface area (Å²) in [5, 5.41) is 16.0. The predicted octanol–water partition coefficient (Wildman–Crippen LogP) is 2.95. The Balaban J connectivity index is 2.14. The van der Waals surface area contributed by atoms with Gasteiger partial charge in [-0.3, -0.25) is 4.90 Å². The monoisotopic (exact) mass is 295 g/mol. The lowest BCUT2D eigenvalue weighted by Crippen LogP contribution is -2.40. The van der Waals surface area contributed by atoms with E-state index in [9.17, 15) is 5.11 Å². The molecule has 5 nitrogen and oxygen atoms in total. The molecule has 0 saturated carbocycles. The van der Waals surface area contributed by atoms with Crippen LogP contribution in [0.15, 0.2) is 22.0 Å². The van der Waals surface area contributed by atoms with Crippen LogP contribution in [0, 0.1) is 0 Å². The number of aliphatic hydroxyl groups is 1. The van der Waals surface area contributed by atoms with Gasteiger partial charge in [0.1, 0.15) is 0 Å². The second-order valence-corrected chi connectivity index (χ2v) is 6.43. The summed E-state index contributed by atoms with van der Waals surface area (Å²) in [5.41, 5.74) is -0.749. The van der Waals surface area contributed by atoms with E-state index in [1.165, 1.54) is 0 Å². The maximum atomic E-state index is 9.96. The van der Waals surface area contributed by atoms with E-state index in [2.05, 4.69) is 22.0 Å². The van der Waals surface area contributed by atoms with Crippen molar-refractivity contribution in [1.82, 2.24) is 15.0 Å². The van der Waals surface area contributed by atoms with Crippen molar-refractivity contribution < 1.29 is 9.63 Å². The summed E-state index contributed by atoms with van der Waals surface area (Å²) in [7, 11) is 0. The van der Waals surface area contributed by atoms with Crippen LogP contribution in [0.3, 0.4) is 0 Å². The van der Waals surface area contributed by atoms with E-state index >= 15 is 0 Å². The van der Waals surface area contributed by atoms with E-state index in [4.69, 9.17) is 4.52 Å². The molecule has 0 aliphatic carbocycles. The molecule has 110 valence electrons. The van der Waals surface area contributed by atoms with Crippen molar-refractivity contribution in [2.24, 2.45) is 0 Å². The third-order valence-electron chi connectivity index (χ3n) is 3.08. The van der Waals surface area contributed by atoms with Gasteiger partial charge in [-0.25, -0.2) is 0 Å². The van der Waals surface area contributed by atoms with E-state index in [-0.39, 0.29) is 6.04 Å². The Morgan fingerprint density at radius 2 is 2.25 bits per heavy atom. The highest BCUT2D eigenvalue weighted by atomic mass is 32.1. The average molecular weight is 295 g/mol. The molecular weight excluding hydrogens is 274 g/mol. The Hall–Kier alpha value is -1.24. The zero-order valence-corrected chi connectivity index (χ0v) is 13.1. The minimum atomic E-state index is -0.749. The molecule has 0 aromatic carbocycles. The number of likely N-dealkylation sites (N-methyl/N-ethyl adjacent to an activating group) is 1. The van der Waals surface area contributed by atoms with Gasteiger partial charge in [-0.2, -0.15) is 4.98 Å². The average Bonchev–Trinajstić information content (AvgIpc) is 3.03. The summed E-state index contributed by atoms with van der Waals surface area (Å²) in [6.45, 7) is 9.03. The van der Waals surface area contributed by atoms with Crippen LogP contribution >= 0.6 is 11.3 Å². The fraction of sp³-hybridized carbons (Fsp3) is 0.571. The Labute approximate surface area is 123 Å². The minimum absolute atomic E-state index is 0.0207. The second kappa shape index (κ2) is 6.03. The predicted molar refractivity (Wildman–Crippen MR) is 79.6 cm³/mol. The van der Waals surface area contributed by atoms with Gasteiger partial charge in [-0.05, 0) is 38.8 Å². The number of thiophene rings is 1. The molecule has 0 amide bonds. The summed E-state index contributed by atoms with van der Waals surface area (Å²) in [6, 6.07) is 3.91. The summed E-state index contributed by atoms with van der Waals surface area (Å²) < 4.78 is 5.37. The van der Waals surface area contributed by atoms with Crippen molar-refractivity contribution in [2.75, 3.05) is 13.1 Å². The molecule has 0 spiro atoms. The third-order valence-corrected chi connectivity index (χ3v) is 3.95. The van der Waals surface area contributed by atoms with Crippen LogP contribution in [0.25, 0.3) is 10.7 Å². The molecule has 20 heavy (non-hydrogen) atoms. The molecule has 0 saturated heterocycles. The van der Waals surface area contributed by atoms with Crippen LogP contribution in [-0.2, 0) is 0 Å². The molecule has 0 bridgehead atoms.